The molecule has 0 aromatic carbocycles. The number of nitrogens with zero attached hydrogens (tertiary/aromatic N) is 2. The largest absolute Gasteiger partial charge is 0.394 e. The van der Waals surface area contributed by atoms with Crippen LogP contribution in [0.4, 0.5) is 5.69 Å². The SMILES string of the molecule is CCCC1CCC(Nc2cnn(CCO)c(=O)c2Cl)CC1. The molecule has 21 heavy (non-hydrogen) atoms. The summed E-state index contributed by atoms with van der Waals surface area (Å²) in [5.74, 6) is 0.846. The van der Waals surface area contributed by atoms with Crippen LogP contribution < -0.4 is 10.9 Å². The molecule has 2 rings (SSSR count). The van der Waals surface area contributed by atoms with Gasteiger partial charge in [-0.15, -0.1) is 0 Å². The van der Waals surface area contributed by atoms with E-state index >= 15 is 0 Å². The van der Waals surface area contributed by atoms with Gasteiger partial charge in [0.2, 0.25) is 0 Å². The van der Waals surface area contributed by atoms with Gasteiger partial charge in [0.25, 0.3) is 5.56 Å². The fourth-order valence-electron chi connectivity index (χ4n) is 3.04. The predicted molar refractivity (Wildman–Crippen MR) is 84.9 cm³/mol. The highest BCUT2D eigenvalue weighted by Crippen LogP contribution is 2.30. The van der Waals surface area contributed by atoms with Gasteiger partial charge >= 0.3 is 0 Å². The lowest BCUT2D eigenvalue weighted by Crippen LogP contribution is -2.29. The molecule has 118 valence electrons. The number of rotatable bonds is 6. The minimum Gasteiger partial charge on any atom is -0.394 e. The van der Waals surface area contributed by atoms with Crippen molar-refractivity contribution in [3.05, 3.63) is 21.6 Å². The van der Waals surface area contributed by atoms with Gasteiger partial charge in [0.15, 0.2) is 0 Å². The first-order chi connectivity index (χ1) is 10.2. The maximum Gasteiger partial charge on any atom is 0.287 e. The average Bonchev–Trinajstić information content (AvgIpc) is 2.49. The molecule has 0 radical (unpaired) electrons. The Morgan fingerprint density at radius 2 is 2.14 bits per heavy atom. The highest BCUT2D eigenvalue weighted by Gasteiger charge is 2.21. The summed E-state index contributed by atoms with van der Waals surface area (Å²) in [7, 11) is 0. The van der Waals surface area contributed by atoms with E-state index in [-0.39, 0.29) is 23.7 Å². The number of hydrogen-bond acceptors (Lipinski definition) is 4. The van der Waals surface area contributed by atoms with Crippen LogP contribution in [-0.4, -0.2) is 27.5 Å². The number of aliphatic hydroxyl groups is 1. The van der Waals surface area contributed by atoms with Gasteiger partial charge in [0.05, 0.1) is 25.0 Å². The molecule has 5 nitrogen and oxygen atoms in total. The quantitative estimate of drug-likeness (QED) is 0.847. The van der Waals surface area contributed by atoms with Crippen LogP contribution in [0.1, 0.15) is 45.4 Å². The zero-order valence-corrected chi connectivity index (χ0v) is 13.3. The van der Waals surface area contributed by atoms with Crippen molar-refractivity contribution < 1.29 is 5.11 Å². The molecule has 0 amide bonds. The maximum absolute atomic E-state index is 12.0. The van der Waals surface area contributed by atoms with Crippen LogP contribution in [0.2, 0.25) is 5.02 Å². The molecule has 0 atom stereocenters. The molecule has 1 aromatic heterocycles. The van der Waals surface area contributed by atoms with Crippen LogP contribution in [0, 0.1) is 5.92 Å². The van der Waals surface area contributed by atoms with E-state index in [0.717, 1.165) is 18.8 Å². The van der Waals surface area contributed by atoms with Crippen molar-refractivity contribution >= 4 is 17.3 Å². The summed E-state index contributed by atoms with van der Waals surface area (Å²) in [6.45, 7) is 2.27. The summed E-state index contributed by atoms with van der Waals surface area (Å²) in [6, 6.07) is 0.366. The molecule has 1 aliphatic carbocycles. The van der Waals surface area contributed by atoms with Gasteiger partial charge in [-0.2, -0.15) is 5.10 Å². The Hall–Kier alpha value is -1.07. The standard InChI is InChI=1S/C15H24ClN3O2/c1-2-3-11-4-6-12(7-5-11)18-13-10-17-19(8-9-20)15(21)14(13)16/h10-12,18,20H,2-9H2,1H3. The third-order valence-electron chi connectivity index (χ3n) is 4.20. The summed E-state index contributed by atoms with van der Waals surface area (Å²) < 4.78 is 1.19. The van der Waals surface area contributed by atoms with Crippen LogP contribution in [0.15, 0.2) is 11.0 Å². The molecule has 2 N–H and O–H groups in total. The first-order valence-electron chi connectivity index (χ1n) is 7.78. The third kappa shape index (κ3) is 4.20. The second-order valence-electron chi connectivity index (χ2n) is 5.77. The molecular weight excluding hydrogens is 290 g/mol. The topological polar surface area (TPSA) is 67.2 Å². The summed E-state index contributed by atoms with van der Waals surface area (Å²) in [5, 5.41) is 16.4. The Bertz CT molecular complexity index is 510. The smallest absolute Gasteiger partial charge is 0.287 e. The van der Waals surface area contributed by atoms with E-state index in [1.54, 1.807) is 6.20 Å². The van der Waals surface area contributed by atoms with Gasteiger partial charge in [0, 0.05) is 6.04 Å². The number of nitrogens with one attached hydrogen (secondary N) is 1. The van der Waals surface area contributed by atoms with Crippen LogP contribution in [0.5, 0.6) is 0 Å². The normalized spacial score (nSPS) is 22.2. The van der Waals surface area contributed by atoms with Crippen molar-refractivity contribution in [2.24, 2.45) is 5.92 Å². The summed E-state index contributed by atoms with van der Waals surface area (Å²) >= 11 is 6.11. The number of aliphatic hydroxyl groups excluding tert-OH is 1. The van der Waals surface area contributed by atoms with Gasteiger partial charge in [-0.3, -0.25) is 4.79 Å². The molecule has 0 unspecified atom stereocenters. The zero-order valence-electron chi connectivity index (χ0n) is 12.5. The monoisotopic (exact) mass is 313 g/mol. The van der Waals surface area contributed by atoms with E-state index in [0.29, 0.717) is 11.7 Å². The van der Waals surface area contributed by atoms with Crippen molar-refractivity contribution in [2.75, 3.05) is 11.9 Å². The first kappa shape index (κ1) is 16.3. The van der Waals surface area contributed by atoms with Gasteiger partial charge in [-0.25, -0.2) is 4.68 Å². The van der Waals surface area contributed by atoms with Crippen molar-refractivity contribution in [3.8, 4) is 0 Å². The first-order valence-corrected chi connectivity index (χ1v) is 8.16. The lowest BCUT2D eigenvalue weighted by molar-refractivity contribution is 0.266. The molecule has 0 saturated heterocycles. The van der Waals surface area contributed by atoms with Crippen molar-refractivity contribution in [3.63, 3.8) is 0 Å². The van der Waals surface area contributed by atoms with Gasteiger partial charge in [-0.05, 0) is 31.6 Å². The summed E-state index contributed by atoms with van der Waals surface area (Å²) in [4.78, 5) is 12.0. The summed E-state index contributed by atoms with van der Waals surface area (Å²) in [6.07, 6.45) is 8.84. The van der Waals surface area contributed by atoms with Crippen LogP contribution >= 0.6 is 11.6 Å². The van der Waals surface area contributed by atoms with E-state index in [1.165, 1.54) is 30.4 Å². The maximum atomic E-state index is 12.0. The molecule has 1 aliphatic rings. The van der Waals surface area contributed by atoms with Crippen molar-refractivity contribution in [2.45, 2.75) is 58.0 Å². The highest BCUT2D eigenvalue weighted by atomic mass is 35.5. The molecule has 1 heterocycles. The lowest BCUT2D eigenvalue weighted by Gasteiger charge is -2.29. The molecule has 0 aliphatic heterocycles. The van der Waals surface area contributed by atoms with Crippen molar-refractivity contribution in [1.82, 2.24) is 9.78 Å². The van der Waals surface area contributed by atoms with E-state index in [9.17, 15) is 4.79 Å². The van der Waals surface area contributed by atoms with Gasteiger partial charge in [0.1, 0.15) is 5.02 Å². The lowest BCUT2D eigenvalue weighted by atomic mass is 9.83. The number of hydrogen-bond donors (Lipinski definition) is 2. The van der Waals surface area contributed by atoms with Crippen LogP contribution in [0.3, 0.4) is 0 Å². The second-order valence-corrected chi connectivity index (χ2v) is 6.15. The highest BCUT2D eigenvalue weighted by molar-refractivity contribution is 6.32. The fraction of sp³-hybridized carbons (Fsp3) is 0.733. The van der Waals surface area contributed by atoms with E-state index in [1.807, 2.05) is 0 Å². The number of anilines is 1. The van der Waals surface area contributed by atoms with Gasteiger partial charge in [-0.1, -0.05) is 31.4 Å². The second kappa shape index (κ2) is 7.80. The molecule has 6 heteroatoms. The Morgan fingerprint density at radius 1 is 1.43 bits per heavy atom. The zero-order chi connectivity index (χ0) is 15.2. The molecule has 1 fully saturated rings. The minimum atomic E-state index is -0.351. The molecular formula is C15H24ClN3O2. The Labute approximate surface area is 130 Å². The van der Waals surface area contributed by atoms with Crippen LogP contribution in [0.25, 0.3) is 0 Å². The Balaban J connectivity index is 1.98. The minimum absolute atomic E-state index is 0.128. The fourth-order valence-corrected chi connectivity index (χ4v) is 3.24. The average molecular weight is 314 g/mol. The Kier molecular flexibility index (Phi) is 6.06. The van der Waals surface area contributed by atoms with Gasteiger partial charge < -0.3 is 10.4 Å². The van der Waals surface area contributed by atoms with Crippen molar-refractivity contribution in [1.29, 1.82) is 0 Å². The van der Waals surface area contributed by atoms with E-state index < -0.39 is 0 Å². The summed E-state index contributed by atoms with van der Waals surface area (Å²) in [5.41, 5.74) is 0.255. The molecule has 1 saturated carbocycles. The molecule has 1 aromatic rings. The van der Waals surface area contributed by atoms with Crippen LogP contribution in [-0.2, 0) is 6.54 Å². The van der Waals surface area contributed by atoms with E-state index in [2.05, 4.69) is 17.3 Å². The third-order valence-corrected chi connectivity index (χ3v) is 4.57. The molecule has 0 spiro atoms. The number of halogens is 1. The Morgan fingerprint density at radius 3 is 2.76 bits per heavy atom. The van der Waals surface area contributed by atoms with E-state index in [4.69, 9.17) is 16.7 Å². The molecule has 0 bridgehead atoms. The predicted octanol–water partition coefficient (Wildman–Crippen LogP) is 2.66. The number of aromatic nitrogens is 2.